The van der Waals surface area contributed by atoms with Gasteiger partial charge in [0, 0.05) is 38.9 Å². The number of fused-ring (bicyclic) bond motifs is 1. The lowest BCUT2D eigenvalue weighted by Crippen LogP contribution is -2.47. The van der Waals surface area contributed by atoms with Crippen molar-refractivity contribution >= 4 is 39.4 Å². The van der Waals surface area contributed by atoms with Gasteiger partial charge >= 0.3 is 6.09 Å². The van der Waals surface area contributed by atoms with E-state index in [2.05, 4.69) is 4.84 Å². The number of ether oxygens (including phenoxy) is 2. The zero-order valence-corrected chi connectivity index (χ0v) is 21.6. The molecule has 2 aromatic rings. The second kappa shape index (κ2) is 12.0. The van der Waals surface area contributed by atoms with Crippen molar-refractivity contribution in [3.8, 4) is 5.75 Å². The van der Waals surface area contributed by atoms with Crippen LogP contribution in [0.4, 0.5) is 4.79 Å². The van der Waals surface area contributed by atoms with Crippen LogP contribution in [0.2, 0.25) is 0 Å². The summed E-state index contributed by atoms with van der Waals surface area (Å²) in [5, 5.41) is 15.2. The molecule has 1 aliphatic heterocycles. The first-order chi connectivity index (χ1) is 16.7. The van der Waals surface area contributed by atoms with E-state index in [0.717, 1.165) is 23.3 Å². The van der Waals surface area contributed by atoms with Crippen LogP contribution in [0, 0.1) is 10.1 Å². The fourth-order valence-electron chi connectivity index (χ4n) is 3.69. The van der Waals surface area contributed by atoms with E-state index in [0.29, 0.717) is 28.4 Å². The van der Waals surface area contributed by atoms with E-state index < -0.39 is 27.2 Å². The number of hydrogen-bond acceptors (Lipinski definition) is 11. The molecule has 1 aromatic heterocycles. The van der Waals surface area contributed by atoms with Crippen LogP contribution in [0.3, 0.4) is 0 Å². The normalized spacial score (nSPS) is 16.9. The molecule has 0 bridgehead atoms. The minimum absolute atomic E-state index is 0.0596. The fourth-order valence-corrected chi connectivity index (χ4v) is 7.61. The lowest BCUT2D eigenvalue weighted by atomic mass is 10.1. The summed E-state index contributed by atoms with van der Waals surface area (Å²) in [5.74, 6) is 0.182. The van der Waals surface area contributed by atoms with Gasteiger partial charge in [-0.15, -0.1) is 21.5 Å². The van der Waals surface area contributed by atoms with Gasteiger partial charge < -0.3 is 14.3 Å². The zero-order valence-electron chi connectivity index (χ0n) is 19.1. The van der Waals surface area contributed by atoms with Crippen LogP contribution in [0.5, 0.6) is 5.75 Å². The SMILES string of the molecule is CCN(C(=O)Oc1cccc(CO[N+](=O)[O-])c1)C1CN(CCCOC)S(=O)(=O)c2sc(SN)cc21. The summed E-state index contributed by atoms with van der Waals surface area (Å²) in [6.45, 7) is 2.43. The lowest BCUT2D eigenvalue weighted by molar-refractivity contribution is -0.763. The van der Waals surface area contributed by atoms with Crippen molar-refractivity contribution in [2.24, 2.45) is 5.14 Å². The Bertz CT molecular complexity index is 1160. The summed E-state index contributed by atoms with van der Waals surface area (Å²) in [6, 6.07) is 7.31. The third-order valence-electron chi connectivity index (χ3n) is 5.28. The monoisotopic (exact) mass is 546 g/mol. The van der Waals surface area contributed by atoms with Gasteiger partial charge in [0.15, 0.2) is 0 Å². The first kappa shape index (κ1) is 27.2. The van der Waals surface area contributed by atoms with E-state index in [9.17, 15) is 23.3 Å². The number of amides is 1. The zero-order chi connectivity index (χ0) is 25.6. The van der Waals surface area contributed by atoms with E-state index in [4.69, 9.17) is 14.6 Å². The summed E-state index contributed by atoms with van der Waals surface area (Å²) >= 11 is 2.02. The molecule has 12 nitrogen and oxygen atoms in total. The summed E-state index contributed by atoms with van der Waals surface area (Å²) in [7, 11) is -2.21. The highest BCUT2D eigenvalue weighted by molar-refractivity contribution is 7.99. The molecule has 0 aliphatic carbocycles. The Labute approximate surface area is 211 Å². The third kappa shape index (κ3) is 6.42. The lowest BCUT2D eigenvalue weighted by Gasteiger charge is -2.37. The van der Waals surface area contributed by atoms with Gasteiger partial charge in [0.25, 0.3) is 15.1 Å². The highest BCUT2D eigenvalue weighted by atomic mass is 32.3. The fraction of sp³-hybridized carbons (Fsp3) is 0.450. The molecule has 15 heteroatoms. The number of carbonyl (C=O) groups is 1. The third-order valence-corrected chi connectivity index (χ3v) is 9.50. The number of benzene rings is 1. The Kier molecular flexibility index (Phi) is 9.32. The maximum absolute atomic E-state index is 13.2. The molecule has 0 saturated heterocycles. The number of likely N-dealkylation sites (N-methyl/N-ethyl adjacent to an activating group) is 1. The molecule has 1 aliphatic rings. The van der Waals surface area contributed by atoms with E-state index in [1.54, 1.807) is 38.3 Å². The van der Waals surface area contributed by atoms with Crippen molar-refractivity contribution in [1.29, 1.82) is 0 Å². The standard InChI is InChI=1S/C20H26N4O8S3/c1-3-23(20(25)32-15-7-4-6-14(10-15)13-31-24(26)27)17-12-22(8-5-9-30-2)35(28,29)19-16(17)11-18(33-19)34-21/h4,6-7,10-11,17H,3,5,8-9,12-13,21H2,1-2H3. The summed E-state index contributed by atoms with van der Waals surface area (Å²) in [4.78, 5) is 29.4. The quantitative estimate of drug-likeness (QED) is 0.192. The molecule has 1 aromatic carbocycles. The number of methoxy groups -OCH3 is 1. The van der Waals surface area contributed by atoms with Gasteiger partial charge in [-0.3, -0.25) is 10.0 Å². The Balaban J connectivity index is 1.87. The van der Waals surface area contributed by atoms with Crippen molar-refractivity contribution < 1.29 is 32.6 Å². The van der Waals surface area contributed by atoms with Crippen LogP contribution in [0.1, 0.15) is 30.5 Å². The van der Waals surface area contributed by atoms with E-state index in [1.165, 1.54) is 15.3 Å². The molecule has 0 saturated carbocycles. The van der Waals surface area contributed by atoms with E-state index >= 15 is 0 Å². The Morgan fingerprint density at radius 1 is 1.40 bits per heavy atom. The van der Waals surface area contributed by atoms with Crippen molar-refractivity contribution in [1.82, 2.24) is 9.21 Å². The number of nitrogens with zero attached hydrogens (tertiary/aromatic N) is 3. The van der Waals surface area contributed by atoms with Crippen molar-refractivity contribution in [2.75, 3.05) is 33.4 Å². The number of hydrogen-bond donors (Lipinski definition) is 1. The largest absolute Gasteiger partial charge is 0.415 e. The first-order valence-electron chi connectivity index (χ1n) is 10.6. The Hall–Kier alpha value is -2.43. The molecular weight excluding hydrogens is 520 g/mol. The van der Waals surface area contributed by atoms with Crippen LogP contribution < -0.4 is 9.88 Å². The molecule has 1 unspecified atom stereocenters. The number of nitrogens with two attached hydrogens (primary N) is 1. The van der Waals surface area contributed by atoms with Crippen molar-refractivity contribution in [3.63, 3.8) is 0 Å². The molecule has 2 N–H and O–H groups in total. The van der Waals surface area contributed by atoms with Gasteiger partial charge in [0.05, 0.1) is 10.3 Å². The Morgan fingerprint density at radius 2 is 2.17 bits per heavy atom. The van der Waals surface area contributed by atoms with Crippen LogP contribution in [0.15, 0.2) is 38.8 Å². The van der Waals surface area contributed by atoms with Crippen LogP contribution in [-0.4, -0.2) is 62.2 Å². The van der Waals surface area contributed by atoms with Gasteiger partial charge in [0.2, 0.25) is 0 Å². The van der Waals surface area contributed by atoms with Crippen LogP contribution >= 0.6 is 23.3 Å². The smallest absolute Gasteiger partial charge is 0.410 e. The van der Waals surface area contributed by atoms with Gasteiger partial charge in [0.1, 0.15) is 16.6 Å². The Morgan fingerprint density at radius 3 is 2.83 bits per heavy atom. The molecule has 1 amide bonds. The topological polar surface area (TPSA) is 155 Å². The summed E-state index contributed by atoms with van der Waals surface area (Å²) in [6.07, 6.45) is -0.183. The predicted octanol–water partition coefficient (Wildman–Crippen LogP) is 3.03. The molecule has 35 heavy (non-hydrogen) atoms. The summed E-state index contributed by atoms with van der Waals surface area (Å²) < 4.78 is 39.2. The molecule has 2 heterocycles. The highest BCUT2D eigenvalue weighted by Gasteiger charge is 2.42. The molecule has 0 fully saturated rings. The number of thiophene rings is 1. The van der Waals surface area contributed by atoms with Gasteiger partial charge in [-0.2, -0.15) is 4.31 Å². The molecular formula is C20H26N4O8S3. The van der Waals surface area contributed by atoms with Crippen molar-refractivity contribution in [3.05, 3.63) is 51.6 Å². The van der Waals surface area contributed by atoms with E-state index in [-0.39, 0.29) is 36.2 Å². The number of carbonyl (C=O) groups excluding carboxylic acids is 1. The van der Waals surface area contributed by atoms with Gasteiger partial charge in [-0.05, 0) is 49.1 Å². The maximum atomic E-state index is 13.2. The second-order valence-corrected chi connectivity index (χ2v) is 11.6. The molecule has 0 spiro atoms. The second-order valence-electron chi connectivity index (χ2n) is 7.45. The minimum Gasteiger partial charge on any atom is -0.410 e. The maximum Gasteiger partial charge on any atom is 0.415 e. The molecule has 1 atom stereocenters. The summed E-state index contributed by atoms with van der Waals surface area (Å²) in [5.41, 5.74) is 0.950. The predicted molar refractivity (Wildman–Crippen MR) is 129 cm³/mol. The molecule has 192 valence electrons. The average molecular weight is 547 g/mol. The van der Waals surface area contributed by atoms with Gasteiger partial charge in [-0.1, -0.05) is 12.1 Å². The minimum atomic E-state index is -3.75. The molecule has 3 rings (SSSR count). The number of sulfonamides is 1. The number of rotatable bonds is 11. The van der Waals surface area contributed by atoms with E-state index in [1.807, 2.05) is 0 Å². The van der Waals surface area contributed by atoms with Gasteiger partial charge in [-0.25, -0.2) is 13.2 Å². The first-order valence-corrected chi connectivity index (χ1v) is 13.7. The average Bonchev–Trinajstić information content (AvgIpc) is 3.27. The molecule has 0 radical (unpaired) electrons. The van der Waals surface area contributed by atoms with Crippen molar-refractivity contribution in [2.45, 2.75) is 34.4 Å². The van der Waals surface area contributed by atoms with Crippen LogP contribution in [-0.2, 0) is 26.2 Å². The van der Waals surface area contributed by atoms with Crippen LogP contribution in [0.25, 0.3) is 0 Å². The highest BCUT2D eigenvalue weighted by Crippen LogP contribution is 2.43.